The van der Waals surface area contributed by atoms with Gasteiger partial charge in [-0.2, -0.15) is 13.9 Å². The van der Waals surface area contributed by atoms with E-state index in [9.17, 15) is 23.1 Å². The van der Waals surface area contributed by atoms with Crippen molar-refractivity contribution in [1.29, 1.82) is 0 Å². The smallest absolute Gasteiger partial charge is 0.320 e. The molecule has 2 amide bonds. The predicted molar refractivity (Wildman–Crippen MR) is 133 cm³/mol. The normalized spacial score (nSPS) is 18.2. The summed E-state index contributed by atoms with van der Waals surface area (Å²) in [6, 6.07) is 13.8. The first kappa shape index (κ1) is 26.6. The molecule has 1 aliphatic rings. The summed E-state index contributed by atoms with van der Waals surface area (Å²) in [5.41, 5.74) is 0.768. The maximum Gasteiger partial charge on any atom is 0.320 e. The highest BCUT2D eigenvalue weighted by molar-refractivity contribution is 5.90. The van der Waals surface area contributed by atoms with Crippen molar-refractivity contribution in [3.8, 4) is 5.69 Å². The number of carbonyl (C=O) groups excluding carboxylic acids is 1. The van der Waals surface area contributed by atoms with E-state index in [1.165, 1.54) is 23.7 Å². The second-order valence-electron chi connectivity index (χ2n) is 9.05. The monoisotopic (exact) mass is 517 g/mol. The van der Waals surface area contributed by atoms with Gasteiger partial charge in [-0.15, -0.1) is 0 Å². The van der Waals surface area contributed by atoms with E-state index in [0.717, 1.165) is 5.56 Å². The first-order valence-corrected chi connectivity index (χ1v) is 11.9. The molecule has 0 radical (unpaired) electrons. The summed E-state index contributed by atoms with van der Waals surface area (Å²) in [7, 11) is 1.61. The minimum Gasteiger partial charge on any atom is -0.390 e. The Bertz CT molecular complexity index is 1200. The van der Waals surface area contributed by atoms with E-state index >= 15 is 0 Å². The molecule has 0 unspecified atom stereocenters. The SMILES string of the molecule is COCCN1C[C@@H](NC(=O)Nc2c(C)c(C(F)(F)CO)nn2-c2ccccc2)[C@H](c2ccc(F)cc2)C1. The van der Waals surface area contributed by atoms with Gasteiger partial charge in [0.25, 0.3) is 0 Å². The minimum atomic E-state index is -3.59. The summed E-state index contributed by atoms with van der Waals surface area (Å²) >= 11 is 0. The largest absolute Gasteiger partial charge is 0.390 e. The number of hydrogen-bond acceptors (Lipinski definition) is 5. The van der Waals surface area contributed by atoms with Gasteiger partial charge in [0.1, 0.15) is 23.9 Å². The molecule has 1 saturated heterocycles. The molecule has 1 aliphatic heterocycles. The van der Waals surface area contributed by atoms with E-state index in [2.05, 4.69) is 20.6 Å². The third kappa shape index (κ3) is 5.95. The number of aromatic nitrogens is 2. The lowest BCUT2D eigenvalue weighted by Crippen LogP contribution is -2.42. The number of methoxy groups -OCH3 is 1. The second-order valence-corrected chi connectivity index (χ2v) is 9.05. The highest BCUT2D eigenvalue weighted by atomic mass is 19.3. The molecule has 11 heteroatoms. The fourth-order valence-electron chi connectivity index (χ4n) is 4.62. The lowest BCUT2D eigenvalue weighted by atomic mass is 9.94. The maximum atomic E-state index is 14.4. The highest BCUT2D eigenvalue weighted by Crippen LogP contribution is 2.34. The Labute approximate surface area is 213 Å². The standard InChI is InChI=1S/C26H30F3N5O3/c1-17-23(26(28,29)16-35)32-34(20-6-4-3-5-7-20)24(17)31-25(36)30-22-15-33(12-13-37-2)14-21(22)18-8-10-19(27)11-9-18/h3-11,21-22,35H,12-16H2,1-2H3,(H2,30,31,36)/t21-,22+/m0/s1. The molecule has 2 aromatic carbocycles. The second kappa shape index (κ2) is 11.3. The van der Waals surface area contributed by atoms with Gasteiger partial charge in [-0.3, -0.25) is 10.2 Å². The highest BCUT2D eigenvalue weighted by Gasteiger charge is 2.39. The van der Waals surface area contributed by atoms with E-state index in [1.807, 2.05) is 0 Å². The number of likely N-dealkylation sites (tertiary alicyclic amines) is 1. The molecule has 0 bridgehead atoms. The summed E-state index contributed by atoms with van der Waals surface area (Å²) in [6.07, 6.45) is 0. The summed E-state index contributed by atoms with van der Waals surface area (Å²) < 4.78 is 48.8. The predicted octanol–water partition coefficient (Wildman–Crippen LogP) is 3.64. The third-order valence-electron chi connectivity index (χ3n) is 6.52. The van der Waals surface area contributed by atoms with Crippen LogP contribution < -0.4 is 10.6 Å². The van der Waals surface area contributed by atoms with Crippen molar-refractivity contribution in [3.63, 3.8) is 0 Å². The number of aliphatic hydroxyl groups excluding tert-OH is 1. The lowest BCUT2D eigenvalue weighted by molar-refractivity contribution is -0.0599. The third-order valence-corrected chi connectivity index (χ3v) is 6.52. The first-order chi connectivity index (χ1) is 17.7. The molecule has 3 N–H and O–H groups in total. The van der Waals surface area contributed by atoms with Gasteiger partial charge in [-0.1, -0.05) is 30.3 Å². The molecule has 4 rings (SSSR count). The summed E-state index contributed by atoms with van der Waals surface area (Å²) in [5.74, 6) is -3.98. The number of amides is 2. The van der Waals surface area contributed by atoms with Gasteiger partial charge in [-0.05, 0) is 36.8 Å². The molecule has 1 fully saturated rings. The van der Waals surface area contributed by atoms with Crippen LogP contribution in [0.15, 0.2) is 54.6 Å². The van der Waals surface area contributed by atoms with Crippen LogP contribution in [0, 0.1) is 12.7 Å². The number of nitrogens with one attached hydrogen (secondary N) is 2. The summed E-state index contributed by atoms with van der Waals surface area (Å²) in [4.78, 5) is 15.3. The van der Waals surface area contributed by atoms with E-state index in [-0.39, 0.29) is 29.2 Å². The number of rotatable bonds is 9. The van der Waals surface area contributed by atoms with Crippen molar-refractivity contribution in [2.45, 2.75) is 24.8 Å². The fourth-order valence-corrected chi connectivity index (χ4v) is 4.62. The lowest BCUT2D eigenvalue weighted by Gasteiger charge is -2.21. The molecule has 1 aromatic heterocycles. The average molecular weight is 518 g/mol. The van der Waals surface area contributed by atoms with Crippen molar-refractivity contribution in [2.24, 2.45) is 0 Å². The molecule has 198 valence electrons. The van der Waals surface area contributed by atoms with Crippen LogP contribution in [0.1, 0.15) is 22.7 Å². The first-order valence-electron chi connectivity index (χ1n) is 11.9. The number of anilines is 1. The molecule has 8 nitrogen and oxygen atoms in total. The van der Waals surface area contributed by atoms with E-state index in [4.69, 9.17) is 4.74 Å². The van der Waals surface area contributed by atoms with Crippen LogP contribution in [0.3, 0.4) is 0 Å². The molecule has 2 heterocycles. The van der Waals surface area contributed by atoms with Crippen LogP contribution >= 0.6 is 0 Å². The fraction of sp³-hybridized carbons (Fsp3) is 0.385. The number of hydrogen-bond donors (Lipinski definition) is 3. The minimum absolute atomic E-state index is 0.0429. The molecule has 0 saturated carbocycles. The van der Waals surface area contributed by atoms with Crippen LogP contribution in [0.2, 0.25) is 0 Å². The summed E-state index contributed by atoms with van der Waals surface area (Å²) in [5, 5.41) is 18.9. The van der Waals surface area contributed by atoms with Gasteiger partial charge in [0.2, 0.25) is 0 Å². The van der Waals surface area contributed by atoms with Crippen molar-refractivity contribution >= 4 is 11.8 Å². The number of benzene rings is 2. The van der Waals surface area contributed by atoms with Crippen LogP contribution in [0.25, 0.3) is 5.69 Å². The van der Waals surface area contributed by atoms with Crippen molar-refractivity contribution in [1.82, 2.24) is 20.0 Å². The Balaban J connectivity index is 1.59. The van der Waals surface area contributed by atoms with Crippen molar-refractivity contribution in [2.75, 3.05) is 45.3 Å². The van der Waals surface area contributed by atoms with Gasteiger partial charge in [-0.25, -0.2) is 13.9 Å². The van der Waals surface area contributed by atoms with Gasteiger partial charge >= 0.3 is 12.0 Å². The van der Waals surface area contributed by atoms with Gasteiger partial charge in [0, 0.05) is 38.2 Å². The number of halogens is 3. The van der Waals surface area contributed by atoms with Gasteiger partial charge in [0.05, 0.1) is 18.3 Å². The molecule has 3 aromatic rings. The molecule has 0 aliphatic carbocycles. The Hall–Kier alpha value is -3.41. The van der Waals surface area contributed by atoms with E-state index < -0.39 is 24.3 Å². The topological polar surface area (TPSA) is 91.7 Å². The van der Waals surface area contributed by atoms with Gasteiger partial charge in [0.15, 0.2) is 0 Å². The van der Waals surface area contributed by atoms with Crippen LogP contribution in [-0.2, 0) is 10.7 Å². The number of nitrogens with zero attached hydrogens (tertiary/aromatic N) is 3. The Kier molecular flexibility index (Phi) is 8.16. The van der Waals surface area contributed by atoms with Crippen LogP contribution in [0.4, 0.5) is 23.8 Å². The molecular formula is C26H30F3N5O3. The number of para-hydroxylation sites is 1. The zero-order chi connectivity index (χ0) is 26.6. The quantitative estimate of drug-likeness (QED) is 0.403. The number of urea groups is 1. The Morgan fingerprint density at radius 1 is 1.16 bits per heavy atom. The van der Waals surface area contributed by atoms with E-state index in [0.29, 0.717) is 31.9 Å². The van der Waals surface area contributed by atoms with Crippen molar-refractivity contribution in [3.05, 3.63) is 77.2 Å². The Morgan fingerprint density at radius 2 is 1.86 bits per heavy atom. The Morgan fingerprint density at radius 3 is 2.51 bits per heavy atom. The number of ether oxygens (including phenoxy) is 1. The zero-order valence-corrected chi connectivity index (χ0v) is 20.6. The van der Waals surface area contributed by atoms with Crippen molar-refractivity contribution < 1.29 is 27.8 Å². The van der Waals surface area contributed by atoms with Crippen LogP contribution in [-0.4, -0.2) is 71.8 Å². The molecular weight excluding hydrogens is 487 g/mol. The zero-order valence-electron chi connectivity index (χ0n) is 20.6. The van der Waals surface area contributed by atoms with Crippen LogP contribution in [0.5, 0.6) is 0 Å². The molecule has 0 spiro atoms. The number of carbonyl (C=O) groups is 1. The molecule has 2 atom stereocenters. The molecule has 37 heavy (non-hydrogen) atoms. The maximum absolute atomic E-state index is 14.4. The number of alkyl halides is 2. The average Bonchev–Trinajstić information content (AvgIpc) is 3.44. The van der Waals surface area contributed by atoms with Gasteiger partial charge < -0.3 is 15.2 Å². The van der Waals surface area contributed by atoms with E-state index in [1.54, 1.807) is 49.6 Å². The summed E-state index contributed by atoms with van der Waals surface area (Å²) in [6.45, 7) is 2.35. The number of aliphatic hydroxyl groups is 1.